The molecule has 0 heterocycles. The molecule has 3 aromatic rings. The Labute approximate surface area is 217 Å². The van der Waals surface area contributed by atoms with Crippen molar-refractivity contribution >= 4 is 21.6 Å². The Morgan fingerprint density at radius 1 is 0.838 bits per heavy atom. The average Bonchev–Trinajstić information content (AvgIpc) is 2.89. The molecule has 0 unspecified atom stereocenters. The van der Waals surface area contributed by atoms with Gasteiger partial charge in [-0.15, -0.1) is 0 Å². The molecular formula is C27H31FN2O6S. The number of nitrogens with one attached hydrogen (secondary N) is 1. The predicted molar refractivity (Wildman–Crippen MR) is 139 cm³/mol. The number of hydrogen-bond acceptors (Lipinski definition) is 6. The summed E-state index contributed by atoms with van der Waals surface area (Å²) < 4.78 is 58.0. The summed E-state index contributed by atoms with van der Waals surface area (Å²) in [7, 11) is -4.14. The van der Waals surface area contributed by atoms with E-state index in [0.717, 1.165) is 22.0 Å². The van der Waals surface area contributed by atoms with Crippen molar-refractivity contribution in [2.75, 3.05) is 30.7 Å². The van der Waals surface area contributed by atoms with E-state index in [1.807, 2.05) is 20.8 Å². The van der Waals surface area contributed by atoms with Gasteiger partial charge in [0, 0.05) is 6.54 Å². The molecule has 0 aliphatic heterocycles. The molecule has 0 atom stereocenters. The lowest BCUT2D eigenvalue weighted by Gasteiger charge is -2.24. The van der Waals surface area contributed by atoms with Crippen molar-refractivity contribution in [3.63, 3.8) is 0 Å². The molecule has 0 aliphatic carbocycles. The molecular weight excluding hydrogens is 499 g/mol. The highest BCUT2D eigenvalue weighted by Crippen LogP contribution is 2.29. The number of sulfonamides is 1. The molecule has 3 rings (SSSR count). The van der Waals surface area contributed by atoms with Crippen LogP contribution in [0.1, 0.15) is 26.3 Å². The topological polar surface area (TPSA) is 94.2 Å². The van der Waals surface area contributed by atoms with Crippen molar-refractivity contribution < 1.29 is 31.8 Å². The zero-order valence-corrected chi connectivity index (χ0v) is 21.9. The summed E-state index contributed by atoms with van der Waals surface area (Å²) in [6.07, 6.45) is 0. The van der Waals surface area contributed by atoms with E-state index in [1.54, 1.807) is 30.3 Å². The molecule has 0 radical (unpaired) electrons. The van der Waals surface area contributed by atoms with Gasteiger partial charge < -0.3 is 19.5 Å². The van der Waals surface area contributed by atoms with Crippen LogP contribution >= 0.6 is 0 Å². The zero-order chi connectivity index (χ0) is 26.8. The Hall–Kier alpha value is -3.79. The van der Waals surface area contributed by atoms with Crippen LogP contribution in [0.4, 0.5) is 10.1 Å². The van der Waals surface area contributed by atoms with Gasteiger partial charge in [-0.2, -0.15) is 0 Å². The average molecular weight is 531 g/mol. The lowest BCUT2D eigenvalue weighted by molar-refractivity contribution is -0.119. The van der Waals surface area contributed by atoms with Crippen molar-refractivity contribution in [2.24, 2.45) is 0 Å². The molecule has 37 heavy (non-hydrogen) atoms. The number of hydrogen-bond donors (Lipinski definition) is 1. The maximum absolute atomic E-state index is 13.5. The highest BCUT2D eigenvalue weighted by molar-refractivity contribution is 7.92. The zero-order valence-electron chi connectivity index (χ0n) is 21.1. The highest BCUT2D eigenvalue weighted by Gasteiger charge is 2.27. The van der Waals surface area contributed by atoms with E-state index in [9.17, 15) is 17.6 Å². The fraction of sp³-hybridized carbons (Fsp3) is 0.296. The molecule has 0 aliphatic rings. The van der Waals surface area contributed by atoms with Gasteiger partial charge in [0.2, 0.25) is 5.91 Å². The summed E-state index contributed by atoms with van der Waals surface area (Å²) in [4.78, 5) is 12.9. The van der Waals surface area contributed by atoms with Crippen molar-refractivity contribution in [3.05, 3.63) is 78.1 Å². The molecule has 198 valence electrons. The van der Waals surface area contributed by atoms with Crippen LogP contribution in [-0.2, 0) is 21.4 Å². The van der Waals surface area contributed by atoms with Gasteiger partial charge in [-0.3, -0.25) is 9.10 Å². The molecule has 0 spiro atoms. The Balaban J connectivity index is 1.80. The van der Waals surface area contributed by atoms with Crippen LogP contribution in [0.15, 0.2) is 71.6 Å². The number of halogens is 1. The number of carbonyl (C=O) groups excluding carboxylic acids is 1. The van der Waals surface area contributed by atoms with Gasteiger partial charge in [0.05, 0.1) is 30.4 Å². The minimum Gasteiger partial charge on any atom is -0.494 e. The summed E-state index contributed by atoms with van der Waals surface area (Å²) in [5, 5.41) is 2.75. The van der Waals surface area contributed by atoms with E-state index in [-0.39, 0.29) is 17.1 Å². The summed E-state index contributed by atoms with van der Waals surface area (Å²) in [5.41, 5.74) is 0.910. The third-order valence-corrected chi connectivity index (χ3v) is 7.01. The number of nitrogens with zero attached hydrogens (tertiary/aromatic N) is 1. The Morgan fingerprint density at radius 2 is 1.46 bits per heavy atom. The Kier molecular flexibility index (Phi) is 9.73. The summed E-state index contributed by atoms with van der Waals surface area (Å²) in [6.45, 7) is 6.57. The van der Waals surface area contributed by atoms with Crippen LogP contribution < -0.4 is 23.8 Å². The molecule has 0 fully saturated rings. The lowest BCUT2D eigenvalue weighted by Crippen LogP contribution is -2.40. The number of ether oxygens (including phenoxy) is 3. The minimum atomic E-state index is -4.14. The molecule has 10 heteroatoms. The third kappa shape index (κ3) is 7.36. The van der Waals surface area contributed by atoms with Crippen molar-refractivity contribution in [1.29, 1.82) is 0 Å². The van der Waals surface area contributed by atoms with Gasteiger partial charge >= 0.3 is 0 Å². The maximum atomic E-state index is 13.5. The smallest absolute Gasteiger partial charge is 0.264 e. The summed E-state index contributed by atoms with van der Waals surface area (Å²) in [6, 6.07) is 16.1. The van der Waals surface area contributed by atoms with Crippen LogP contribution in [0.25, 0.3) is 0 Å². The van der Waals surface area contributed by atoms with E-state index in [0.29, 0.717) is 37.1 Å². The number of anilines is 1. The SMILES string of the molecule is CCOc1ccc(S(=O)(=O)N(CC(=O)NCc2ccc(OCC)c(OCC)c2)c2ccc(F)cc2)cc1. The van der Waals surface area contributed by atoms with Gasteiger partial charge in [-0.05, 0) is 87.0 Å². The van der Waals surface area contributed by atoms with Gasteiger partial charge in [0.1, 0.15) is 18.1 Å². The van der Waals surface area contributed by atoms with Crippen LogP contribution in [-0.4, -0.2) is 40.7 Å². The van der Waals surface area contributed by atoms with Crippen LogP contribution in [0.3, 0.4) is 0 Å². The molecule has 8 nitrogen and oxygen atoms in total. The van der Waals surface area contributed by atoms with Gasteiger partial charge in [0.15, 0.2) is 11.5 Å². The quantitative estimate of drug-likeness (QED) is 0.349. The standard InChI is InChI=1S/C27H31FN2O6S/c1-4-34-23-12-14-24(15-13-23)37(32,33)30(22-10-8-21(28)9-11-22)19-27(31)29-18-20-7-16-25(35-5-2)26(17-20)36-6-3/h7-17H,4-6,18-19H2,1-3H3,(H,29,31). The van der Waals surface area contributed by atoms with Gasteiger partial charge in [-0.1, -0.05) is 6.07 Å². The monoisotopic (exact) mass is 530 g/mol. The Bertz CT molecular complexity index is 1280. The molecule has 1 N–H and O–H groups in total. The molecule has 0 saturated heterocycles. The second-order valence-electron chi connectivity index (χ2n) is 7.82. The van der Waals surface area contributed by atoms with Crippen LogP contribution in [0.2, 0.25) is 0 Å². The minimum absolute atomic E-state index is 0.0269. The largest absolute Gasteiger partial charge is 0.494 e. The van der Waals surface area contributed by atoms with Crippen molar-refractivity contribution in [2.45, 2.75) is 32.2 Å². The summed E-state index contributed by atoms with van der Waals surface area (Å²) >= 11 is 0. The van der Waals surface area contributed by atoms with Gasteiger partial charge in [0.25, 0.3) is 10.0 Å². The highest BCUT2D eigenvalue weighted by atomic mass is 32.2. The van der Waals surface area contributed by atoms with E-state index in [2.05, 4.69) is 5.32 Å². The first-order valence-corrected chi connectivity index (χ1v) is 13.4. The fourth-order valence-corrected chi connectivity index (χ4v) is 4.94. The number of carbonyl (C=O) groups is 1. The van der Waals surface area contributed by atoms with E-state index < -0.39 is 28.3 Å². The first-order chi connectivity index (χ1) is 17.8. The number of benzene rings is 3. The number of rotatable bonds is 13. The normalized spacial score (nSPS) is 11.0. The third-order valence-electron chi connectivity index (χ3n) is 5.22. The lowest BCUT2D eigenvalue weighted by atomic mass is 10.2. The predicted octanol–water partition coefficient (Wildman–Crippen LogP) is 4.53. The maximum Gasteiger partial charge on any atom is 0.264 e. The molecule has 3 aromatic carbocycles. The van der Waals surface area contributed by atoms with Crippen molar-refractivity contribution in [1.82, 2.24) is 5.32 Å². The molecule has 0 bridgehead atoms. The van der Waals surface area contributed by atoms with E-state index in [1.165, 1.54) is 24.3 Å². The number of amides is 1. The second kappa shape index (κ2) is 13.0. The van der Waals surface area contributed by atoms with E-state index in [4.69, 9.17) is 14.2 Å². The van der Waals surface area contributed by atoms with Crippen molar-refractivity contribution in [3.8, 4) is 17.2 Å². The second-order valence-corrected chi connectivity index (χ2v) is 9.68. The van der Waals surface area contributed by atoms with Gasteiger partial charge in [-0.25, -0.2) is 12.8 Å². The first kappa shape index (κ1) is 27.8. The van der Waals surface area contributed by atoms with E-state index >= 15 is 0 Å². The summed E-state index contributed by atoms with van der Waals surface area (Å²) in [5.74, 6) is 0.623. The first-order valence-electron chi connectivity index (χ1n) is 11.9. The molecule has 1 amide bonds. The Morgan fingerprint density at radius 3 is 2.08 bits per heavy atom. The molecule has 0 saturated carbocycles. The fourth-order valence-electron chi connectivity index (χ4n) is 3.52. The van der Waals surface area contributed by atoms with Crippen LogP contribution in [0, 0.1) is 5.82 Å². The molecule has 0 aromatic heterocycles. The van der Waals surface area contributed by atoms with Crippen LogP contribution in [0.5, 0.6) is 17.2 Å².